The summed E-state index contributed by atoms with van der Waals surface area (Å²) >= 11 is 0. The quantitative estimate of drug-likeness (QED) is 0.446. The van der Waals surface area contributed by atoms with Crippen molar-refractivity contribution >= 4 is 11.4 Å². The maximum Gasteiger partial charge on any atom is 0.133 e. The van der Waals surface area contributed by atoms with Gasteiger partial charge in [-0.2, -0.15) is 0 Å². The van der Waals surface area contributed by atoms with E-state index in [1.807, 2.05) is 0 Å². The second-order valence-corrected chi connectivity index (χ2v) is 10.1. The Hall–Kier alpha value is -3.00. The summed E-state index contributed by atoms with van der Waals surface area (Å²) in [6, 6.07) is 11.1. The van der Waals surface area contributed by atoms with Crippen LogP contribution in [0.1, 0.15) is 73.3 Å². The van der Waals surface area contributed by atoms with Crippen LogP contribution in [-0.4, -0.2) is 5.60 Å². The van der Waals surface area contributed by atoms with Crippen molar-refractivity contribution in [2.75, 3.05) is 4.90 Å². The standard InChI is InChI=1S/C31H35NO/c1-20-12-7-8-16-27(20)32(29-22(3)13-11-14-23(29)4)24(5)28-21(2)17-18-25-26-15-9-10-19-31(26,6)33-30(25)28/h7,9,11-15,17-18,26H,5,8,10,16,19H2,1-4,6H3/t26?,31-/m1/s1. The number of fused-ring (bicyclic) bond motifs is 3. The van der Waals surface area contributed by atoms with Crippen LogP contribution >= 0.6 is 0 Å². The Kier molecular flexibility index (Phi) is 5.35. The average molecular weight is 438 g/mol. The van der Waals surface area contributed by atoms with Crippen molar-refractivity contribution in [2.24, 2.45) is 0 Å². The van der Waals surface area contributed by atoms with E-state index in [9.17, 15) is 0 Å². The molecule has 0 aromatic heterocycles. The molecule has 170 valence electrons. The van der Waals surface area contributed by atoms with Crippen LogP contribution in [0.3, 0.4) is 0 Å². The van der Waals surface area contributed by atoms with Gasteiger partial charge in [0.25, 0.3) is 0 Å². The summed E-state index contributed by atoms with van der Waals surface area (Å²) in [4.78, 5) is 2.43. The maximum absolute atomic E-state index is 6.82. The largest absolute Gasteiger partial charge is 0.486 e. The summed E-state index contributed by atoms with van der Waals surface area (Å²) in [6.45, 7) is 15.8. The van der Waals surface area contributed by atoms with Gasteiger partial charge in [-0.3, -0.25) is 0 Å². The lowest BCUT2D eigenvalue weighted by Crippen LogP contribution is -2.35. The molecule has 2 atom stereocenters. The van der Waals surface area contributed by atoms with Gasteiger partial charge in [-0.25, -0.2) is 0 Å². The van der Waals surface area contributed by atoms with Crippen molar-refractivity contribution < 1.29 is 4.74 Å². The van der Waals surface area contributed by atoms with Crippen molar-refractivity contribution in [3.8, 4) is 5.75 Å². The third-order valence-corrected chi connectivity index (χ3v) is 7.72. The molecule has 0 radical (unpaired) electrons. The highest BCUT2D eigenvalue weighted by Gasteiger charge is 2.46. The van der Waals surface area contributed by atoms with E-state index in [0.717, 1.165) is 42.7 Å². The molecule has 1 heterocycles. The first-order valence-corrected chi connectivity index (χ1v) is 12.2. The molecule has 2 aliphatic carbocycles. The second kappa shape index (κ2) is 8.09. The summed E-state index contributed by atoms with van der Waals surface area (Å²) in [6.07, 6.45) is 13.4. The van der Waals surface area contributed by atoms with Crippen LogP contribution in [0, 0.1) is 20.8 Å². The number of ether oxygens (including phenoxy) is 1. The molecule has 0 amide bonds. The highest BCUT2D eigenvalue weighted by molar-refractivity contribution is 5.88. The first kappa shape index (κ1) is 21.8. The minimum atomic E-state index is -0.175. The molecule has 0 saturated carbocycles. The molecule has 33 heavy (non-hydrogen) atoms. The number of para-hydroxylation sites is 1. The van der Waals surface area contributed by atoms with E-state index in [-0.39, 0.29) is 5.60 Å². The Morgan fingerprint density at radius 1 is 1.00 bits per heavy atom. The van der Waals surface area contributed by atoms with E-state index in [1.165, 1.54) is 39.2 Å². The topological polar surface area (TPSA) is 12.5 Å². The number of anilines is 1. The van der Waals surface area contributed by atoms with Crippen LogP contribution in [-0.2, 0) is 0 Å². The van der Waals surface area contributed by atoms with Gasteiger partial charge in [0.05, 0.1) is 5.69 Å². The number of hydrogen-bond donors (Lipinski definition) is 0. The molecule has 2 heteroatoms. The SMILES string of the molecule is C=C(c1c(C)ccc2c1O[C@]1(C)CCC=CC21)N(C1=C(C)C=CCC1)c1c(C)cccc1C. The van der Waals surface area contributed by atoms with E-state index in [1.54, 1.807) is 0 Å². The lowest BCUT2D eigenvalue weighted by Gasteiger charge is -2.35. The van der Waals surface area contributed by atoms with E-state index < -0.39 is 0 Å². The lowest BCUT2D eigenvalue weighted by molar-refractivity contribution is 0.0883. The number of aryl methyl sites for hydroxylation is 3. The molecule has 0 saturated heterocycles. The fraction of sp³-hybridized carbons (Fsp3) is 0.355. The first-order valence-electron chi connectivity index (χ1n) is 12.2. The number of rotatable bonds is 4. The number of benzene rings is 2. The predicted octanol–water partition coefficient (Wildman–Crippen LogP) is 8.30. The molecule has 2 nitrogen and oxygen atoms in total. The molecule has 2 aromatic carbocycles. The Morgan fingerprint density at radius 3 is 2.48 bits per heavy atom. The summed E-state index contributed by atoms with van der Waals surface area (Å²) in [5.41, 5.74) is 10.9. The summed E-state index contributed by atoms with van der Waals surface area (Å²) < 4.78 is 6.82. The van der Waals surface area contributed by atoms with Crippen molar-refractivity contribution in [1.29, 1.82) is 0 Å². The van der Waals surface area contributed by atoms with Crippen LogP contribution in [0.25, 0.3) is 5.70 Å². The van der Waals surface area contributed by atoms with Gasteiger partial charge in [0.1, 0.15) is 11.4 Å². The Bertz CT molecular complexity index is 1210. The van der Waals surface area contributed by atoms with Gasteiger partial charge in [0.15, 0.2) is 0 Å². The van der Waals surface area contributed by atoms with Crippen molar-refractivity contribution in [3.05, 3.63) is 100 Å². The summed E-state index contributed by atoms with van der Waals surface area (Å²) in [7, 11) is 0. The normalized spacial score (nSPS) is 23.2. The first-order chi connectivity index (χ1) is 15.8. The third-order valence-electron chi connectivity index (χ3n) is 7.72. The zero-order valence-electron chi connectivity index (χ0n) is 20.7. The fourth-order valence-electron chi connectivity index (χ4n) is 5.92. The van der Waals surface area contributed by atoms with Gasteiger partial charge in [0, 0.05) is 28.4 Å². The Balaban J connectivity index is 1.71. The van der Waals surface area contributed by atoms with Crippen LogP contribution in [0.4, 0.5) is 5.69 Å². The molecule has 2 aromatic rings. The molecule has 0 bridgehead atoms. The highest BCUT2D eigenvalue weighted by atomic mass is 16.5. The van der Waals surface area contributed by atoms with Gasteiger partial charge in [-0.05, 0) is 82.6 Å². The highest BCUT2D eigenvalue weighted by Crippen LogP contribution is 2.53. The van der Waals surface area contributed by atoms with Gasteiger partial charge < -0.3 is 9.64 Å². The maximum atomic E-state index is 6.82. The van der Waals surface area contributed by atoms with E-state index >= 15 is 0 Å². The zero-order chi connectivity index (χ0) is 23.3. The zero-order valence-corrected chi connectivity index (χ0v) is 20.7. The smallest absolute Gasteiger partial charge is 0.133 e. The Labute approximate surface area is 199 Å². The lowest BCUT2D eigenvalue weighted by atomic mass is 9.78. The summed E-state index contributed by atoms with van der Waals surface area (Å²) in [5.74, 6) is 1.33. The Morgan fingerprint density at radius 2 is 1.76 bits per heavy atom. The van der Waals surface area contributed by atoms with Crippen molar-refractivity contribution in [2.45, 2.75) is 71.8 Å². The van der Waals surface area contributed by atoms with E-state index in [4.69, 9.17) is 11.3 Å². The van der Waals surface area contributed by atoms with Crippen LogP contribution < -0.4 is 9.64 Å². The van der Waals surface area contributed by atoms with Gasteiger partial charge in [-0.1, -0.05) is 61.2 Å². The summed E-state index contributed by atoms with van der Waals surface area (Å²) in [5, 5.41) is 0. The molecule has 0 N–H and O–H groups in total. The molecule has 0 spiro atoms. The number of nitrogens with zero attached hydrogens (tertiary/aromatic N) is 1. The molecule has 3 aliphatic rings. The molecule has 1 aliphatic heterocycles. The van der Waals surface area contributed by atoms with Crippen LogP contribution in [0.2, 0.25) is 0 Å². The number of hydrogen-bond acceptors (Lipinski definition) is 2. The number of allylic oxidation sites excluding steroid dienone is 5. The van der Waals surface area contributed by atoms with E-state index in [2.05, 4.69) is 94.2 Å². The van der Waals surface area contributed by atoms with E-state index in [0.29, 0.717) is 5.92 Å². The van der Waals surface area contributed by atoms with Gasteiger partial charge in [0.2, 0.25) is 0 Å². The third kappa shape index (κ3) is 3.47. The monoisotopic (exact) mass is 437 g/mol. The predicted molar refractivity (Wildman–Crippen MR) is 140 cm³/mol. The van der Waals surface area contributed by atoms with Crippen LogP contribution in [0.5, 0.6) is 5.75 Å². The molecule has 1 unspecified atom stereocenters. The van der Waals surface area contributed by atoms with Crippen molar-refractivity contribution in [3.63, 3.8) is 0 Å². The molecule has 0 fully saturated rings. The second-order valence-electron chi connectivity index (χ2n) is 10.1. The fourth-order valence-corrected chi connectivity index (χ4v) is 5.92. The molecular formula is C31H35NO. The van der Waals surface area contributed by atoms with Crippen molar-refractivity contribution in [1.82, 2.24) is 0 Å². The van der Waals surface area contributed by atoms with Gasteiger partial charge >= 0.3 is 0 Å². The molecule has 5 rings (SSSR count). The minimum absolute atomic E-state index is 0.175. The average Bonchev–Trinajstić information content (AvgIpc) is 3.08. The van der Waals surface area contributed by atoms with Crippen LogP contribution in [0.15, 0.2) is 72.5 Å². The van der Waals surface area contributed by atoms with Gasteiger partial charge in [-0.15, -0.1) is 0 Å². The molecular weight excluding hydrogens is 402 g/mol. The minimum Gasteiger partial charge on any atom is -0.486 e.